The molecule has 5 heteroatoms. The lowest BCUT2D eigenvalue weighted by Gasteiger charge is -2.19. The third-order valence-electron chi connectivity index (χ3n) is 3.91. The molecule has 5 nitrogen and oxygen atoms in total. The summed E-state index contributed by atoms with van der Waals surface area (Å²) in [5.74, 6) is 0.537. The van der Waals surface area contributed by atoms with Crippen molar-refractivity contribution in [3.8, 4) is 0 Å². The van der Waals surface area contributed by atoms with Gasteiger partial charge in [0.15, 0.2) is 0 Å². The van der Waals surface area contributed by atoms with Crippen LogP contribution in [-0.2, 0) is 4.74 Å². The molecule has 2 atom stereocenters. The molecule has 2 N–H and O–H groups in total. The Morgan fingerprint density at radius 3 is 3.05 bits per heavy atom. The number of nitrogens with one attached hydrogen (secondary N) is 2. The quantitative estimate of drug-likeness (QED) is 0.860. The van der Waals surface area contributed by atoms with Crippen molar-refractivity contribution in [3.05, 3.63) is 24.0 Å². The maximum Gasteiger partial charge on any atom is 0.270 e. The van der Waals surface area contributed by atoms with E-state index in [4.69, 9.17) is 4.74 Å². The van der Waals surface area contributed by atoms with Crippen LogP contribution in [0, 0.1) is 5.92 Å². The molecule has 1 aliphatic heterocycles. The lowest BCUT2D eigenvalue weighted by Crippen LogP contribution is -2.41. The second kappa shape index (κ2) is 5.79. The highest BCUT2D eigenvalue weighted by molar-refractivity contribution is 5.93. The number of amides is 1. The minimum absolute atomic E-state index is 0.106. The number of hydrogen-bond donors (Lipinski definition) is 2. The molecule has 1 saturated heterocycles. The normalized spacial score (nSPS) is 25.4. The van der Waals surface area contributed by atoms with Crippen LogP contribution in [0.2, 0.25) is 0 Å². The van der Waals surface area contributed by atoms with E-state index >= 15 is 0 Å². The Bertz CT molecular complexity index is 488. The number of nitrogens with zero attached hydrogens (tertiary/aromatic N) is 1. The first-order valence-corrected chi connectivity index (χ1v) is 7.40. The molecule has 3 rings (SSSR count). The van der Waals surface area contributed by atoms with Crippen LogP contribution in [0.1, 0.15) is 36.7 Å². The van der Waals surface area contributed by atoms with Crippen LogP contribution in [0.5, 0.6) is 0 Å². The first kappa shape index (κ1) is 13.4. The number of ether oxygens (including phenoxy) is 1. The van der Waals surface area contributed by atoms with Gasteiger partial charge < -0.3 is 15.4 Å². The number of rotatable bonds is 5. The average Bonchev–Trinajstić information content (AvgIpc) is 3.20. The first-order valence-electron chi connectivity index (χ1n) is 7.40. The van der Waals surface area contributed by atoms with Crippen LogP contribution in [-0.4, -0.2) is 36.2 Å². The predicted molar refractivity (Wildman–Crippen MR) is 76.7 cm³/mol. The zero-order valence-electron chi connectivity index (χ0n) is 11.8. The molecule has 1 aromatic heterocycles. The third kappa shape index (κ3) is 2.93. The van der Waals surface area contributed by atoms with Gasteiger partial charge in [0.1, 0.15) is 5.69 Å². The molecule has 0 aromatic carbocycles. The molecular formula is C15H21N3O2. The number of carbonyl (C=O) groups excluding carboxylic acids is 1. The van der Waals surface area contributed by atoms with Gasteiger partial charge in [0.2, 0.25) is 0 Å². The molecule has 1 saturated carbocycles. The van der Waals surface area contributed by atoms with Crippen molar-refractivity contribution in [2.75, 3.05) is 18.5 Å². The molecule has 2 heterocycles. The predicted octanol–water partition coefficient (Wildman–Crippen LogP) is 1.81. The summed E-state index contributed by atoms with van der Waals surface area (Å²) in [5.41, 5.74) is 1.39. The van der Waals surface area contributed by atoms with E-state index < -0.39 is 0 Å². The van der Waals surface area contributed by atoms with Crippen LogP contribution >= 0.6 is 0 Å². The fourth-order valence-electron chi connectivity index (χ4n) is 2.77. The summed E-state index contributed by atoms with van der Waals surface area (Å²) < 4.78 is 5.74. The fourth-order valence-corrected chi connectivity index (χ4v) is 2.77. The molecular weight excluding hydrogens is 254 g/mol. The lowest BCUT2D eigenvalue weighted by atomic mass is 10.1. The van der Waals surface area contributed by atoms with Crippen LogP contribution < -0.4 is 10.6 Å². The Kier molecular flexibility index (Phi) is 3.87. The lowest BCUT2D eigenvalue weighted by molar-refractivity contribution is 0.0727. The Labute approximate surface area is 119 Å². The van der Waals surface area contributed by atoms with Gasteiger partial charge in [0.05, 0.1) is 12.1 Å². The standard InChI is InChI=1S/C15H21N3O2/c1-2-16-11-5-7-17-13(9-11)15(19)18-12-6-8-20-14(12)10-3-4-10/h5,7,9-10,12,14H,2-4,6,8H2,1H3,(H,16,17)(H,18,19). The Hall–Kier alpha value is -1.62. The van der Waals surface area contributed by atoms with Crippen LogP contribution in [0.3, 0.4) is 0 Å². The van der Waals surface area contributed by atoms with E-state index in [2.05, 4.69) is 15.6 Å². The van der Waals surface area contributed by atoms with E-state index in [1.165, 1.54) is 12.8 Å². The molecule has 0 spiro atoms. The summed E-state index contributed by atoms with van der Waals surface area (Å²) in [6.07, 6.45) is 5.22. The van der Waals surface area contributed by atoms with Gasteiger partial charge in [-0.05, 0) is 44.2 Å². The van der Waals surface area contributed by atoms with Crippen molar-refractivity contribution in [1.29, 1.82) is 0 Å². The van der Waals surface area contributed by atoms with Gasteiger partial charge in [-0.2, -0.15) is 0 Å². The van der Waals surface area contributed by atoms with E-state index in [0.29, 0.717) is 11.6 Å². The molecule has 2 fully saturated rings. The van der Waals surface area contributed by atoms with E-state index in [9.17, 15) is 4.79 Å². The molecule has 1 aromatic rings. The number of pyridine rings is 1. The molecule has 20 heavy (non-hydrogen) atoms. The van der Waals surface area contributed by atoms with Crippen molar-refractivity contribution in [2.45, 2.75) is 38.3 Å². The SMILES string of the molecule is CCNc1ccnc(C(=O)NC2CCOC2C2CC2)c1. The first-order chi connectivity index (χ1) is 9.78. The van der Waals surface area contributed by atoms with Gasteiger partial charge in [0, 0.05) is 25.0 Å². The highest BCUT2D eigenvalue weighted by atomic mass is 16.5. The van der Waals surface area contributed by atoms with Gasteiger partial charge in [0.25, 0.3) is 5.91 Å². The molecule has 1 aliphatic carbocycles. The van der Waals surface area contributed by atoms with Gasteiger partial charge >= 0.3 is 0 Å². The minimum atomic E-state index is -0.106. The smallest absolute Gasteiger partial charge is 0.270 e. The second-order valence-electron chi connectivity index (χ2n) is 5.50. The highest BCUT2D eigenvalue weighted by Gasteiger charge is 2.41. The Morgan fingerprint density at radius 2 is 2.30 bits per heavy atom. The van der Waals surface area contributed by atoms with Gasteiger partial charge in [-0.1, -0.05) is 0 Å². The van der Waals surface area contributed by atoms with E-state index in [-0.39, 0.29) is 18.1 Å². The number of hydrogen-bond acceptors (Lipinski definition) is 4. The molecule has 2 aliphatic rings. The fraction of sp³-hybridized carbons (Fsp3) is 0.600. The van der Waals surface area contributed by atoms with Crippen molar-refractivity contribution in [2.24, 2.45) is 5.92 Å². The van der Waals surface area contributed by atoms with Crippen molar-refractivity contribution < 1.29 is 9.53 Å². The monoisotopic (exact) mass is 275 g/mol. The number of aromatic nitrogens is 1. The van der Waals surface area contributed by atoms with E-state index in [1.807, 2.05) is 13.0 Å². The molecule has 108 valence electrons. The summed E-state index contributed by atoms with van der Waals surface area (Å²) >= 11 is 0. The summed E-state index contributed by atoms with van der Waals surface area (Å²) in [4.78, 5) is 16.4. The largest absolute Gasteiger partial charge is 0.385 e. The highest BCUT2D eigenvalue weighted by Crippen LogP contribution is 2.38. The average molecular weight is 275 g/mol. The van der Waals surface area contributed by atoms with Crippen molar-refractivity contribution in [3.63, 3.8) is 0 Å². The molecule has 0 radical (unpaired) electrons. The third-order valence-corrected chi connectivity index (χ3v) is 3.91. The van der Waals surface area contributed by atoms with E-state index in [1.54, 1.807) is 12.3 Å². The van der Waals surface area contributed by atoms with Crippen molar-refractivity contribution >= 4 is 11.6 Å². The summed E-state index contributed by atoms with van der Waals surface area (Å²) in [5, 5.41) is 6.27. The molecule has 0 bridgehead atoms. The molecule has 1 amide bonds. The van der Waals surface area contributed by atoms with Gasteiger partial charge in [-0.15, -0.1) is 0 Å². The minimum Gasteiger partial charge on any atom is -0.385 e. The van der Waals surface area contributed by atoms with E-state index in [0.717, 1.165) is 25.3 Å². The zero-order valence-corrected chi connectivity index (χ0v) is 11.8. The summed E-state index contributed by atoms with van der Waals surface area (Å²) in [6.45, 7) is 3.60. The van der Waals surface area contributed by atoms with Crippen LogP contribution in [0.4, 0.5) is 5.69 Å². The molecule has 2 unspecified atom stereocenters. The number of carbonyl (C=O) groups is 1. The van der Waals surface area contributed by atoms with Crippen LogP contribution in [0.15, 0.2) is 18.3 Å². The van der Waals surface area contributed by atoms with Gasteiger partial charge in [-0.25, -0.2) is 0 Å². The zero-order chi connectivity index (χ0) is 13.9. The topological polar surface area (TPSA) is 63.2 Å². The summed E-state index contributed by atoms with van der Waals surface area (Å²) in [7, 11) is 0. The summed E-state index contributed by atoms with van der Waals surface area (Å²) in [6, 6.07) is 3.80. The second-order valence-corrected chi connectivity index (χ2v) is 5.50. The van der Waals surface area contributed by atoms with Gasteiger partial charge in [-0.3, -0.25) is 9.78 Å². The Balaban J connectivity index is 1.64. The Morgan fingerprint density at radius 1 is 1.45 bits per heavy atom. The number of anilines is 1. The maximum atomic E-state index is 12.3. The van der Waals surface area contributed by atoms with Crippen LogP contribution in [0.25, 0.3) is 0 Å². The maximum absolute atomic E-state index is 12.3. The van der Waals surface area contributed by atoms with Crippen molar-refractivity contribution in [1.82, 2.24) is 10.3 Å².